The minimum Gasteiger partial charge on any atom is -0.455 e. The molecule has 2 heteroatoms. The van der Waals surface area contributed by atoms with Gasteiger partial charge in [-0.3, -0.25) is 0 Å². The highest BCUT2D eigenvalue weighted by Gasteiger charge is 2.17. The molecule has 0 spiro atoms. The van der Waals surface area contributed by atoms with Crippen LogP contribution in [0.1, 0.15) is 11.1 Å². The summed E-state index contributed by atoms with van der Waals surface area (Å²) in [6.45, 7) is 4.30. The van der Waals surface area contributed by atoms with Crippen LogP contribution >= 0.6 is 0 Å². The third-order valence-electron chi connectivity index (χ3n) is 11.9. The molecule has 1 aromatic heterocycles. The molecule has 0 aliphatic heterocycles. The maximum Gasteiger partial charge on any atom is 0.143 e. The highest BCUT2D eigenvalue weighted by molar-refractivity contribution is 6.10. The summed E-state index contributed by atoms with van der Waals surface area (Å²) in [6.07, 6.45) is 0. The van der Waals surface area contributed by atoms with Gasteiger partial charge in [-0.15, -0.1) is 0 Å². The third-order valence-corrected chi connectivity index (χ3v) is 11.9. The van der Waals surface area contributed by atoms with E-state index in [2.05, 4.69) is 231 Å². The number of anilines is 3. The van der Waals surface area contributed by atoms with Crippen LogP contribution < -0.4 is 4.90 Å². The van der Waals surface area contributed by atoms with Gasteiger partial charge in [-0.05, 0) is 153 Å². The van der Waals surface area contributed by atoms with Crippen molar-refractivity contribution in [3.63, 3.8) is 0 Å². The van der Waals surface area contributed by atoms with E-state index >= 15 is 0 Å². The van der Waals surface area contributed by atoms with Crippen LogP contribution in [0.3, 0.4) is 0 Å². The van der Waals surface area contributed by atoms with Gasteiger partial charge in [-0.2, -0.15) is 0 Å². The molecule has 0 saturated carbocycles. The minimum atomic E-state index is 0.918. The Morgan fingerprint density at radius 2 is 0.733 bits per heavy atom. The van der Waals surface area contributed by atoms with E-state index < -0.39 is 0 Å². The van der Waals surface area contributed by atoms with Gasteiger partial charge in [0, 0.05) is 33.4 Å². The number of aryl methyl sites for hydroxylation is 2. The highest BCUT2D eigenvalue weighted by atomic mass is 16.3. The van der Waals surface area contributed by atoms with Crippen molar-refractivity contribution in [1.82, 2.24) is 0 Å². The summed E-state index contributed by atoms with van der Waals surface area (Å²) < 4.78 is 6.52. The maximum absolute atomic E-state index is 6.52. The SMILES string of the molecule is Cc1ccc2oc3c(-c4ccc(N(c5ccc(-c6ccc(-c7ccc8ccccc8c7)cc6)cc5)c5ccc(-c6ccc7ccccc7c6)cc5)cc4)cc(C)cc3c2c1. The molecule has 0 fully saturated rings. The van der Waals surface area contributed by atoms with Crippen LogP contribution in [0.5, 0.6) is 0 Å². The Bertz CT molecular complexity index is 3360. The lowest BCUT2D eigenvalue weighted by molar-refractivity contribution is 0.670. The van der Waals surface area contributed by atoms with E-state index in [1.165, 1.54) is 66.1 Å². The Labute approximate surface area is 350 Å². The van der Waals surface area contributed by atoms with Gasteiger partial charge in [-0.25, -0.2) is 0 Å². The highest BCUT2D eigenvalue weighted by Crippen LogP contribution is 2.41. The molecule has 0 amide bonds. The second kappa shape index (κ2) is 14.6. The van der Waals surface area contributed by atoms with Gasteiger partial charge in [0.25, 0.3) is 0 Å². The molecular formula is C58H41NO. The Morgan fingerprint density at radius 3 is 1.25 bits per heavy atom. The van der Waals surface area contributed by atoms with Crippen molar-refractivity contribution >= 4 is 60.5 Å². The quantitative estimate of drug-likeness (QED) is 0.161. The normalized spacial score (nSPS) is 11.5. The molecule has 0 aliphatic carbocycles. The zero-order valence-electron chi connectivity index (χ0n) is 33.6. The van der Waals surface area contributed by atoms with Gasteiger partial charge in [0.05, 0.1) is 0 Å². The molecule has 0 bridgehead atoms. The maximum atomic E-state index is 6.52. The van der Waals surface area contributed by atoms with Crippen molar-refractivity contribution in [2.75, 3.05) is 4.90 Å². The Hall–Kier alpha value is -7.68. The molecule has 1 heterocycles. The van der Waals surface area contributed by atoms with Gasteiger partial charge in [-0.1, -0.05) is 145 Å². The fourth-order valence-electron chi connectivity index (χ4n) is 8.79. The second-order valence-electron chi connectivity index (χ2n) is 16.0. The van der Waals surface area contributed by atoms with E-state index in [1.54, 1.807) is 0 Å². The molecule has 60 heavy (non-hydrogen) atoms. The summed E-state index contributed by atoms with van der Waals surface area (Å²) in [5, 5.41) is 7.32. The summed E-state index contributed by atoms with van der Waals surface area (Å²) in [4.78, 5) is 2.34. The summed E-state index contributed by atoms with van der Waals surface area (Å²) in [5.41, 5.74) is 17.0. The lowest BCUT2D eigenvalue weighted by atomic mass is 9.98. The predicted molar refractivity (Wildman–Crippen MR) is 255 cm³/mol. The van der Waals surface area contributed by atoms with Crippen molar-refractivity contribution in [3.05, 3.63) is 223 Å². The molecule has 0 N–H and O–H groups in total. The first-order valence-electron chi connectivity index (χ1n) is 20.6. The predicted octanol–water partition coefficient (Wildman–Crippen LogP) is 16.6. The number of hydrogen-bond donors (Lipinski definition) is 0. The van der Waals surface area contributed by atoms with Crippen LogP contribution in [0.4, 0.5) is 17.1 Å². The van der Waals surface area contributed by atoms with Crippen LogP contribution in [0, 0.1) is 13.8 Å². The van der Waals surface area contributed by atoms with E-state index in [0.29, 0.717) is 0 Å². The van der Waals surface area contributed by atoms with Crippen molar-refractivity contribution < 1.29 is 4.42 Å². The van der Waals surface area contributed by atoms with Gasteiger partial charge in [0.15, 0.2) is 0 Å². The lowest BCUT2D eigenvalue weighted by Gasteiger charge is -2.26. The minimum absolute atomic E-state index is 0.918. The van der Waals surface area contributed by atoms with Crippen LogP contribution in [0.25, 0.3) is 88.0 Å². The largest absolute Gasteiger partial charge is 0.455 e. The fraction of sp³-hybridized carbons (Fsp3) is 0.0345. The second-order valence-corrected chi connectivity index (χ2v) is 16.0. The topological polar surface area (TPSA) is 16.4 Å². The number of nitrogens with zero attached hydrogens (tertiary/aromatic N) is 1. The van der Waals surface area contributed by atoms with E-state index in [0.717, 1.165) is 50.1 Å². The van der Waals surface area contributed by atoms with Crippen LogP contribution in [-0.2, 0) is 0 Å². The Balaban J connectivity index is 0.947. The van der Waals surface area contributed by atoms with Crippen LogP contribution in [0.2, 0.25) is 0 Å². The fourth-order valence-corrected chi connectivity index (χ4v) is 8.79. The summed E-state index contributed by atoms with van der Waals surface area (Å²) >= 11 is 0. The van der Waals surface area contributed by atoms with Crippen molar-refractivity contribution in [2.24, 2.45) is 0 Å². The molecule has 2 nitrogen and oxygen atoms in total. The van der Waals surface area contributed by atoms with Crippen LogP contribution in [0.15, 0.2) is 217 Å². The Morgan fingerprint density at radius 1 is 0.317 bits per heavy atom. The first-order chi connectivity index (χ1) is 29.5. The van der Waals surface area contributed by atoms with Crippen LogP contribution in [-0.4, -0.2) is 0 Å². The zero-order chi connectivity index (χ0) is 40.2. The number of rotatable bonds is 7. The molecule has 0 aliphatic rings. The smallest absolute Gasteiger partial charge is 0.143 e. The molecule has 0 atom stereocenters. The molecule has 10 aromatic carbocycles. The number of fused-ring (bicyclic) bond motifs is 5. The van der Waals surface area contributed by atoms with Crippen molar-refractivity contribution in [1.29, 1.82) is 0 Å². The number of benzene rings is 10. The number of furan rings is 1. The van der Waals surface area contributed by atoms with Crippen molar-refractivity contribution in [3.8, 4) is 44.5 Å². The monoisotopic (exact) mass is 767 g/mol. The molecule has 11 rings (SSSR count). The molecule has 0 saturated heterocycles. The molecular weight excluding hydrogens is 727 g/mol. The standard InChI is InChI=1S/C58H41NO/c1-38-11-32-57-55(33-38)56-35-39(2)34-54(58(56)60-57)46-24-30-53(31-25-46)59(52-28-22-45(23-29-52)50-19-17-41-8-4-6-10-48(41)37-50)51-26-20-43(21-27-51)42-12-14-44(15-13-42)49-18-16-40-7-3-5-9-47(40)36-49/h3-37H,1-2H3. The molecule has 284 valence electrons. The van der Waals surface area contributed by atoms with E-state index in [-0.39, 0.29) is 0 Å². The lowest BCUT2D eigenvalue weighted by Crippen LogP contribution is -2.09. The van der Waals surface area contributed by atoms with Gasteiger partial charge in [0.1, 0.15) is 11.2 Å². The molecule has 0 radical (unpaired) electrons. The Kier molecular flexibility index (Phi) is 8.64. The molecule has 11 aromatic rings. The van der Waals surface area contributed by atoms with E-state index in [9.17, 15) is 0 Å². The van der Waals surface area contributed by atoms with E-state index in [4.69, 9.17) is 4.42 Å². The van der Waals surface area contributed by atoms with Gasteiger partial charge >= 0.3 is 0 Å². The summed E-state index contributed by atoms with van der Waals surface area (Å²) in [6, 6.07) is 77.1. The first kappa shape index (κ1) is 35.5. The summed E-state index contributed by atoms with van der Waals surface area (Å²) in [7, 11) is 0. The number of hydrogen-bond acceptors (Lipinski definition) is 2. The van der Waals surface area contributed by atoms with Gasteiger partial charge in [0.2, 0.25) is 0 Å². The van der Waals surface area contributed by atoms with Crippen molar-refractivity contribution in [2.45, 2.75) is 13.8 Å². The van der Waals surface area contributed by atoms with E-state index in [1.807, 2.05) is 0 Å². The first-order valence-corrected chi connectivity index (χ1v) is 20.6. The third kappa shape index (κ3) is 6.49. The zero-order valence-corrected chi connectivity index (χ0v) is 33.6. The average molecular weight is 768 g/mol. The summed E-state index contributed by atoms with van der Waals surface area (Å²) in [5.74, 6) is 0. The average Bonchev–Trinajstić information content (AvgIpc) is 3.66. The molecule has 0 unspecified atom stereocenters. The van der Waals surface area contributed by atoms with Gasteiger partial charge < -0.3 is 9.32 Å².